The van der Waals surface area contributed by atoms with Crippen molar-refractivity contribution in [2.24, 2.45) is 0 Å². The van der Waals surface area contributed by atoms with Gasteiger partial charge in [-0.25, -0.2) is 4.98 Å². The summed E-state index contributed by atoms with van der Waals surface area (Å²) >= 11 is 3.47. The van der Waals surface area contributed by atoms with Gasteiger partial charge in [0, 0.05) is 33.7 Å². The molecule has 0 fully saturated rings. The van der Waals surface area contributed by atoms with Gasteiger partial charge in [-0.15, -0.1) is 0 Å². The standard InChI is InChI=1S/C18H15BrN4O2/c1-11-7-17(21-13-4-2-3-12(19)8-13)23-18(20-11)22-14-5-6-15-16(9-14)25-10-24-15/h2-9H,10H2,1H3,(H2,20,21,22,23). The molecule has 6 nitrogen and oxygen atoms in total. The zero-order valence-electron chi connectivity index (χ0n) is 13.4. The topological polar surface area (TPSA) is 68.3 Å². The number of hydrogen-bond donors (Lipinski definition) is 2. The van der Waals surface area contributed by atoms with Crippen LogP contribution in [0, 0.1) is 6.92 Å². The van der Waals surface area contributed by atoms with Crippen molar-refractivity contribution in [2.75, 3.05) is 17.4 Å². The maximum atomic E-state index is 5.39. The third-order valence-corrected chi connectivity index (χ3v) is 4.07. The van der Waals surface area contributed by atoms with E-state index < -0.39 is 0 Å². The Morgan fingerprint density at radius 3 is 2.64 bits per heavy atom. The second-order valence-corrected chi connectivity index (χ2v) is 6.46. The molecule has 1 aliphatic heterocycles. The lowest BCUT2D eigenvalue weighted by atomic mass is 10.3. The molecule has 0 saturated carbocycles. The van der Waals surface area contributed by atoms with Crippen LogP contribution in [-0.2, 0) is 0 Å². The Labute approximate surface area is 153 Å². The third kappa shape index (κ3) is 3.66. The van der Waals surface area contributed by atoms with E-state index in [9.17, 15) is 0 Å². The zero-order chi connectivity index (χ0) is 17.2. The number of benzene rings is 2. The first-order valence-corrected chi connectivity index (χ1v) is 8.50. The summed E-state index contributed by atoms with van der Waals surface area (Å²) in [6.45, 7) is 2.18. The summed E-state index contributed by atoms with van der Waals surface area (Å²) in [7, 11) is 0. The lowest BCUT2D eigenvalue weighted by molar-refractivity contribution is 0.174. The number of nitrogens with one attached hydrogen (secondary N) is 2. The minimum Gasteiger partial charge on any atom is -0.454 e. The molecule has 7 heteroatoms. The SMILES string of the molecule is Cc1cc(Nc2cccc(Br)c2)nc(Nc2ccc3c(c2)OCO3)n1. The van der Waals surface area contributed by atoms with E-state index in [4.69, 9.17) is 9.47 Å². The van der Waals surface area contributed by atoms with Crippen LogP contribution < -0.4 is 20.1 Å². The van der Waals surface area contributed by atoms with Crippen molar-refractivity contribution in [3.63, 3.8) is 0 Å². The molecular weight excluding hydrogens is 384 g/mol. The molecule has 0 unspecified atom stereocenters. The Hall–Kier alpha value is -2.80. The van der Waals surface area contributed by atoms with Crippen molar-refractivity contribution in [3.8, 4) is 11.5 Å². The molecule has 3 aromatic rings. The van der Waals surface area contributed by atoms with Gasteiger partial charge in [0.2, 0.25) is 12.7 Å². The highest BCUT2D eigenvalue weighted by molar-refractivity contribution is 9.10. The van der Waals surface area contributed by atoms with Crippen LogP contribution in [0.5, 0.6) is 11.5 Å². The molecule has 1 aliphatic rings. The quantitative estimate of drug-likeness (QED) is 0.659. The predicted octanol–water partition coefficient (Wildman–Crippen LogP) is 4.76. The van der Waals surface area contributed by atoms with Gasteiger partial charge >= 0.3 is 0 Å². The van der Waals surface area contributed by atoms with Crippen molar-refractivity contribution in [1.29, 1.82) is 0 Å². The first-order chi connectivity index (χ1) is 12.2. The second kappa shape index (κ2) is 6.60. The minimum atomic E-state index is 0.250. The molecule has 126 valence electrons. The Morgan fingerprint density at radius 1 is 0.920 bits per heavy atom. The molecule has 0 radical (unpaired) electrons. The van der Waals surface area contributed by atoms with Crippen molar-refractivity contribution < 1.29 is 9.47 Å². The minimum absolute atomic E-state index is 0.250. The molecule has 0 amide bonds. The summed E-state index contributed by atoms with van der Waals surface area (Å²) in [6, 6.07) is 15.4. The van der Waals surface area contributed by atoms with Crippen LogP contribution >= 0.6 is 15.9 Å². The monoisotopic (exact) mass is 398 g/mol. The molecule has 2 aromatic carbocycles. The summed E-state index contributed by atoms with van der Waals surface area (Å²) in [6.07, 6.45) is 0. The van der Waals surface area contributed by atoms with Crippen LogP contribution in [-0.4, -0.2) is 16.8 Å². The van der Waals surface area contributed by atoms with Crippen molar-refractivity contribution in [1.82, 2.24) is 9.97 Å². The fourth-order valence-electron chi connectivity index (χ4n) is 2.51. The molecule has 0 saturated heterocycles. The highest BCUT2D eigenvalue weighted by Gasteiger charge is 2.13. The zero-order valence-corrected chi connectivity index (χ0v) is 15.0. The Bertz CT molecular complexity index is 933. The van der Waals surface area contributed by atoms with Gasteiger partial charge in [-0.2, -0.15) is 4.98 Å². The number of ether oxygens (including phenoxy) is 2. The van der Waals surface area contributed by atoms with E-state index >= 15 is 0 Å². The number of nitrogens with zero attached hydrogens (tertiary/aromatic N) is 2. The van der Waals surface area contributed by atoms with E-state index in [1.54, 1.807) is 0 Å². The van der Waals surface area contributed by atoms with Crippen molar-refractivity contribution >= 4 is 39.1 Å². The van der Waals surface area contributed by atoms with Gasteiger partial charge in [0.15, 0.2) is 11.5 Å². The summed E-state index contributed by atoms with van der Waals surface area (Å²) in [5, 5.41) is 6.49. The van der Waals surface area contributed by atoms with E-state index in [0.717, 1.165) is 27.3 Å². The van der Waals surface area contributed by atoms with Crippen LogP contribution in [0.2, 0.25) is 0 Å². The third-order valence-electron chi connectivity index (χ3n) is 3.58. The molecular formula is C18H15BrN4O2. The fourth-order valence-corrected chi connectivity index (χ4v) is 2.91. The van der Waals surface area contributed by atoms with Crippen LogP contribution in [0.25, 0.3) is 0 Å². The molecule has 1 aromatic heterocycles. The summed E-state index contributed by atoms with van der Waals surface area (Å²) in [5.74, 6) is 2.68. The van der Waals surface area contributed by atoms with Crippen LogP contribution in [0.3, 0.4) is 0 Å². The van der Waals surface area contributed by atoms with Crippen LogP contribution in [0.1, 0.15) is 5.69 Å². The smallest absolute Gasteiger partial charge is 0.231 e. The number of hydrogen-bond acceptors (Lipinski definition) is 6. The van der Waals surface area contributed by atoms with E-state index in [0.29, 0.717) is 17.5 Å². The molecule has 0 spiro atoms. The van der Waals surface area contributed by atoms with Gasteiger partial charge in [0.25, 0.3) is 0 Å². The average molecular weight is 399 g/mol. The highest BCUT2D eigenvalue weighted by Crippen LogP contribution is 2.34. The largest absolute Gasteiger partial charge is 0.454 e. The molecule has 2 heterocycles. The van der Waals surface area contributed by atoms with Crippen molar-refractivity contribution in [3.05, 3.63) is 58.7 Å². The number of rotatable bonds is 4. The fraction of sp³-hybridized carbons (Fsp3) is 0.111. The number of halogens is 1. The van der Waals surface area contributed by atoms with Crippen LogP contribution in [0.15, 0.2) is 53.0 Å². The molecule has 25 heavy (non-hydrogen) atoms. The van der Waals surface area contributed by atoms with E-state index in [2.05, 4.69) is 36.5 Å². The first kappa shape index (κ1) is 15.7. The van der Waals surface area contributed by atoms with Gasteiger partial charge in [-0.3, -0.25) is 0 Å². The second-order valence-electron chi connectivity index (χ2n) is 5.55. The summed E-state index contributed by atoms with van der Waals surface area (Å²) in [5.41, 5.74) is 2.64. The molecule has 0 atom stereocenters. The Kier molecular flexibility index (Phi) is 4.15. The Morgan fingerprint density at radius 2 is 1.76 bits per heavy atom. The maximum absolute atomic E-state index is 5.39. The molecule has 0 aliphatic carbocycles. The van der Waals surface area contributed by atoms with E-state index in [-0.39, 0.29) is 6.79 Å². The van der Waals surface area contributed by atoms with E-state index in [1.807, 2.05) is 55.5 Å². The highest BCUT2D eigenvalue weighted by atomic mass is 79.9. The molecule has 2 N–H and O–H groups in total. The number of aromatic nitrogens is 2. The van der Waals surface area contributed by atoms with E-state index in [1.165, 1.54) is 0 Å². The summed E-state index contributed by atoms with van der Waals surface area (Å²) in [4.78, 5) is 8.96. The Balaban J connectivity index is 1.57. The summed E-state index contributed by atoms with van der Waals surface area (Å²) < 4.78 is 11.7. The van der Waals surface area contributed by atoms with Gasteiger partial charge in [-0.1, -0.05) is 22.0 Å². The maximum Gasteiger partial charge on any atom is 0.231 e. The average Bonchev–Trinajstić information content (AvgIpc) is 3.02. The van der Waals surface area contributed by atoms with Gasteiger partial charge < -0.3 is 20.1 Å². The van der Waals surface area contributed by atoms with Gasteiger partial charge in [0.05, 0.1) is 0 Å². The lowest BCUT2D eigenvalue weighted by Gasteiger charge is -2.10. The lowest BCUT2D eigenvalue weighted by Crippen LogP contribution is -2.02. The molecule has 0 bridgehead atoms. The van der Waals surface area contributed by atoms with Crippen molar-refractivity contribution in [2.45, 2.75) is 6.92 Å². The normalized spacial score (nSPS) is 12.1. The number of anilines is 4. The first-order valence-electron chi connectivity index (χ1n) is 7.71. The van der Waals surface area contributed by atoms with Crippen LogP contribution in [0.4, 0.5) is 23.1 Å². The number of aryl methyl sites for hydroxylation is 1. The van der Waals surface area contributed by atoms with Gasteiger partial charge in [0.1, 0.15) is 5.82 Å². The molecule has 4 rings (SSSR count). The number of fused-ring (bicyclic) bond motifs is 1. The van der Waals surface area contributed by atoms with Gasteiger partial charge in [-0.05, 0) is 37.3 Å². The predicted molar refractivity (Wildman–Crippen MR) is 100 cm³/mol.